The molecule has 7 heteroatoms. The van der Waals surface area contributed by atoms with E-state index in [1.165, 1.54) is 33.7 Å². The molecule has 1 heterocycles. The predicted octanol–water partition coefficient (Wildman–Crippen LogP) is 2.39. The predicted molar refractivity (Wildman–Crippen MR) is 89.7 cm³/mol. The van der Waals surface area contributed by atoms with E-state index in [0.29, 0.717) is 17.0 Å². The fraction of sp³-hybridized carbons (Fsp3) is 0.167. The Hall–Kier alpha value is -3.22. The van der Waals surface area contributed by atoms with Crippen molar-refractivity contribution in [3.05, 3.63) is 76.0 Å². The monoisotopic (exact) mass is 341 g/mol. The Labute approximate surface area is 143 Å². The van der Waals surface area contributed by atoms with Crippen LogP contribution in [0.1, 0.15) is 15.9 Å². The second kappa shape index (κ2) is 6.72. The van der Waals surface area contributed by atoms with Crippen LogP contribution in [0.4, 0.5) is 4.39 Å². The molecule has 0 radical (unpaired) electrons. The first-order valence-corrected chi connectivity index (χ1v) is 7.59. The number of rotatable bonds is 4. The summed E-state index contributed by atoms with van der Waals surface area (Å²) in [6.45, 7) is 0.184. The second-order valence-corrected chi connectivity index (χ2v) is 5.77. The quantitative estimate of drug-likeness (QED) is 0.731. The molecule has 0 saturated heterocycles. The smallest absolute Gasteiger partial charge is 0.345 e. The van der Waals surface area contributed by atoms with Crippen LogP contribution in [0.25, 0.3) is 11.4 Å². The van der Waals surface area contributed by atoms with Crippen molar-refractivity contribution in [1.29, 1.82) is 0 Å². The lowest BCUT2D eigenvalue weighted by Crippen LogP contribution is -2.22. The molecule has 0 aliphatic carbocycles. The molecule has 3 aromatic rings. The Balaban J connectivity index is 1.95. The SMILES string of the molecule is CN(C)C(=O)c1cccc(Cn2c(-c3ccc(F)cc3)noc2=O)c1. The molecule has 1 aromatic heterocycles. The average Bonchev–Trinajstić information content (AvgIpc) is 2.96. The van der Waals surface area contributed by atoms with E-state index in [4.69, 9.17) is 4.52 Å². The molecule has 0 fully saturated rings. The highest BCUT2D eigenvalue weighted by molar-refractivity contribution is 5.94. The fourth-order valence-electron chi connectivity index (χ4n) is 2.46. The van der Waals surface area contributed by atoms with Crippen LogP contribution in [-0.2, 0) is 6.54 Å². The summed E-state index contributed by atoms with van der Waals surface area (Å²) in [5.74, 6) is -0.827. The highest BCUT2D eigenvalue weighted by atomic mass is 19.1. The van der Waals surface area contributed by atoms with Gasteiger partial charge in [0.25, 0.3) is 5.91 Å². The van der Waals surface area contributed by atoms with Crippen molar-refractivity contribution in [1.82, 2.24) is 14.6 Å². The number of aromatic nitrogens is 2. The van der Waals surface area contributed by atoms with Crippen LogP contribution >= 0.6 is 0 Å². The van der Waals surface area contributed by atoms with Crippen LogP contribution in [-0.4, -0.2) is 34.6 Å². The molecule has 0 atom stereocenters. The molecule has 2 aromatic carbocycles. The summed E-state index contributed by atoms with van der Waals surface area (Å²) in [4.78, 5) is 25.6. The van der Waals surface area contributed by atoms with Crippen LogP contribution in [0.3, 0.4) is 0 Å². The maximum atomic E-state index is 13.1. The second-order valence-electron chi connectivity index (χ2n) is 5.77. The van der Waals surface area contributed by atoms with E-state index < -0.39 is 5.76 Å². The van der Waals surface area contributed by atoms with Crippen molar-refractivity contribution in [3.63, 3.8) is 0 Å². The number of halogens is 1. The van der Waals surface area contributed by atoms with Crippen molar-refractivity contribution in [3.8, 4) is 11.4 Å². The zero-order chi connectivity index (χ0) is 18.0. The molecule has 0 saturated carbocycles. The van der Waals surface area contributed by atoms with Crippen molar-refractivity contribution in [2.45, 2.75) is 6.54 Å². The fourth-order valence-corrected chi connectivity index (χ4v) is 2.46. The summed E-state index contributed by atoms with van der Waals surface area (Å²) >= 11 is 0. The Morgan fingerprint density at radius 3 is 2.60 bits per heavy atom. The molecule has 6 nitrogen and oxygen atoms in total. The molecule has 128 valence electrons. The molecule has 1 amide bonds. The van der Waals surface area contributed by atoms with E-state index in [2.05, 4.69) is 5.16 Å². The van der Waals surface area contributed by atoms with Gasteiger partial charge in [0.2, 0.25) is 0 Å². The number of hydrogen-bond acceptors (Lipinski definition) is 4. The number of nitrogens with zero attached hydrogens (tertiary/aromatic N) is 3. The molecule has 0 N–H and O–H groups in total. The van der Waals surface area contributed by atoms with Gasteiger partial charge in [-0.05, 0) is 42.0 Å². The van der Waals surface area contributed by atoms with Gasteiger partial charge in [-0.3, -0.25) is 13.9 Å². The van der Waals surface area contributed by atoms with Crippen LogP contribution in [0, 0.1) is 5.82 Å². The van der Waals surface area contributed by atoms with E-state index in [-0.39, 0.29) is 18.3 Å². The van der Waals surface area contributed by atoms with Gasteiger partial charge in [0.15, 0.2) is 5.82 Å². The minimum atomic E-state index is -0.622. The minimum absolute atomic E-state index is 0.127. The third kappa shape index (κ3) is 3.50. The Morgan fingerprint density at radius 1 is 1.20 bits per heavy atom. The first-order valence-electron chi connectivity index (χ1n) is 7.59. The van der Waals surface area contributed by atoms with Crippen LogP contribution in [0.2, 0.25) is 0 Å². The number of hydrogen-bond donors (Lipinski definition) is 0. The van der Waals surface area contributed by atoms with Gasteiger partial charge in [0.05, 0.1) is 6.54 Å². The summed E-state index contributed by atoms with van der Waals surface area (Å²) in [5.41, 5.74) is 1.84. The molecule has 0 unspecified atom stereocenters. The van der Waals surface area contributed by atoms with Crippen LogP contribution in [0.5, 0.6) is 0 Å². The highest BCUT2D eigenvalue weighted by Crippen LogP contribution is 2.18. The van der Waals surface area contributed by atoms with Gasteiger partial charge in [-0.1, -0.05) is 17.3 Å². The van der Waals surface area contributed by atoms with Gasteiger partial charge >= 0.3 is 5.76 Å². The van der Waals surface area contributed by atoms with E-state index in [9.17, 15) is 14.0 Å². The van der Waals surface area contributed by atoms with Crippen molar-refractivity contribution >= 4 is 5.91 Å². The first-order chi connectivity index (χ1) is 12.0. The van der Waals surface area contributed by atoms with E-state index in [1.54, 1.807) is 38.4 Å². The highest BCUT2D eigenvalue weighted by Gasteiger charge is 2.14. The lowest BCUT2D eigenvalue weighted by molar-refractivity contribution is 0.0827. The zero-order valence-corrected chi connectivity index (χ0v) is 13.8. The summed E-state index contributed by atoms with van der Waals surface area (Å²) in [5, 5.41) is 3.78. The molecule has 25 heavy (non-hydrogen) atoms. The number of carbonyl (C=O) groups excluding carboxylic acids is 1. The summed E-state index contributed by atoms with van der Waals surface area (Å²) in [6.07, 6.45) is 0. The topological polar surface area (TPSA) is 68.3 Å². The number of benzene rings is 2. The van der Waals surface area contributed by atoms with Gasteiger partial charge in [-0.15, -0.1) is 0 Å². The molecular formula is C18H16FN3O3. The number of amides is 1. The third-order valence-corrected chi connectivity index (χ3v) is 3.71. The van der Waals surface area contributed by atoms with Crippen molar-refractivity contribution < 1.29 is 13.7 Å². The molecule has 0 aliphatic heterocycles. The van der Waals surface area contributed by atoms with Gasteiger partial charge in [0, 0.05) is 25.2 Å². The largest absolute Gasteiger partial charge is 0.442 e. The van der Waals surface area contributed by atoms with Crippen LogP contribution < -0.4 is 5.76 Å². The first kappa shape index (κ1) is 16.6. The standard InChI is InChI=1S/C18H16FN3O3/c1-21(2)17(23)14-5-3-4-12(10-14)11-22-16(20-25-18(22)24)13-6-8-15(19)9-7-13/h3-10H,11H2,1-2H3. The molecule has 0 spiro atoms. The lowest BCUT2D eigenvalue weighted by Gasteiger charge is -2.11. The lowest BCUT2D eigenvalue weighted by atomic mass is 10.1. The Kier molecular flexibility index (Phi) is 4.47. The average molecular weight is 341 g/mol. The minimum Gasteiger partial charge on any atom is -0.345 e. The maximum absolute atomic E-state index is 13.1. The zero-order valence-electron chi connectivity index (χ0n) is 13.8. The normalized spacial score (nSPS) is 10.7. The van der Waals surface area contributed by atoms with Crippen molar-refractivity contribution in [2.75, 3.05) is 14.1 Å². The molecular weight excluding hydrogens is 325 g/mol. The summed E-state index contributed by atoms with van der Waals surface area (Å²) < 4.78 is 19.2. The van der Waals surface area contributed by atoms with Crippen molar-refractivity contribution in [2.24, 2.45) is 0 Å². The summed E-state index contributed by atoms with van der Waals surface area (Å²) in [6, 6.07) is 12.6. The number of carbonyl (C=O) groups is 1. The summed E-state index contributed by atoms with van der Waals surface area (Å²) in [7, 11) is 3.35. The van der Waals surface area contributed by atoms with E-state index in [1.807, 2.05) is 0 Å². The Bertz CT molecular complexity index is 958. The molecule has 0 aliphatic rings. The van der Waals surface area contributed by atoms with E-state index in [0.717, 1.165) is 5.56 Å². The van der Waals surface area contributed by atoms with Gasteiger partial charge in [-0.2, -0.15) is 0 Å². The molecule has 0 bridgehead atoms. The van der Waals surface area contributed by atoms with Gasteiger partial charge in [0.1, 0.15) is 5.82 Å². The third-order valence-electron chi connectivity index (χ3n) is 3.71. The van der Waals surface area contributed by atoms with E-state index >= 15 is 0 Å². The maximum Gasteiger partial charge on any atom is 0.442 e. The van der Waals surface area contributed by atoms with Gasteiger partial charge < -0.3 is 4.90 Å². The Morgan fingerprint density at radius 2 is 1.92 bits per heavy atom. The molecule has 3 rings (SSSR count). The van der Waals surface area contributed by atoms with Crippen LogP contribution in [0.15, 0.2) is 57.8 Å². The van der Waals surface area contributed by atoms with Gasteiger partial charge in [-0.25, -0.2) is 9.18 Å².